The van der Waals surface area contributed by atoms with Crippen LogP contribution in [0.2, 0.25) is 0 Å². The van der Waals surface area contributed by atoms with Gasteiger partial charge < -0.3 is 9.97 Å². The molecule has 0 fully saturated rings. The molecule has 0 saturated heterocycles. The maximum Gasteiger partial charge on any atom is 0.0477 e. The van der Waals surface area contributed by atoms with Gasteiger partial charge in [-0.05, 0) is 35.4 Å². The summed E-state index contributed by atoms with van der Waals surface area (Å²) < 4.78 is 0. The first-order valence-corrected chi connectivity index (χ1v) is 10.9. The average molecular weight is 411 g/mol. The third-order valence-corrected chi connectivity index (χ3v) is 5.97. The first-order chi connectivity index (χ1) is 15.9. The van der Waals surface area contributed by atoms with E-state index in [1.165, 1.54) is 33.0 Å². The Labute approximate surface area is 186 Å². The van der Waals surface area contributed by atoms with Crippen molar-refractivity contribution in [3.8, 4) is 0 Å². The largest absolute Gasteiger partial charge is 0.354 e. The minimum atomic E-state index is 1.11. The summed E-state index contributed by atoms with van der Waals surface area (Å²) in [5.74, 6) is 0. The van der Waals surface area contributed by atoms with Crippen LogP contribution in [-0.2, 0) is 0 Å². The zero-order valence-corrected chi connectivity index (χ0v) is 17.5. The van der Waals surface area contributed by atoms with Crippen LogP contribution in [0.4, 0.5) is 0 Å². The lowest BCUT2D eigenvalue weighted by molar-refractivity contribution is 1.35. The zero-order valence-electron chi connectivity index (χ0n) is 17.5. The van der Waals surface area contributed by atoms with E-state index in [2.05, 4.69) is 131 Å². The predicted octanol–water partition coefficient (Wildman–Crippen LogP) is 7.66. The molecule has 2 aromatic heterocycles. The van der Waals surface area contributed by atoms with Crippen LogP contribution in [0.5, 0.6) is 0 Å². The van der Waals surface area contributed by atoms with E-state index in [1.807, 2.05) is 0 Å². The average Bonchev–Trinajstić information content (AvgIpc) is 3.47. The summed E-state index contributed by atoms with van der Waals surface area (Å²) in [6, 6.07) is 42.7. The van der Waals surface area contributed by atoms with E-state index >= 15 is 0 Å². The molecule has 0 aliphatic heterocycles. The van der Waals surface area contributed by atoms with E-state index in [0.717, 1.165) is 22.4 Å². The maximum absolute atomic E-state index is 3.68. The zero-order chi connectivity index (χ0) is 21.3. The Kier molecular flexibility index (Phi) is 4.47. The van der Waals surface area contributed by atoms with Crippen molar-refractivity contribution in [2.24, 2.45) is 0 Å². The van der Waals surface area contributed by atoms with E-state index in [1.54, 1.807) is 0 Å². The third kappa shape index (κ3) is 3.23. The van der Waals surface area contributed by atoms with Crippen LogP contribution in [-0.4, -0.2) is 9.97 Å². The summed E-state index contributed by atoms with van der Waals surface area (Å²) in [6.45, 7) is 0. The van der Waals surface area contributed by atoms with Crippen molar-refractivity contribution in [2.45, 2.75) is 0 Å². The smallest absolute Gasteiger partial charge is 0.0477 e. The summed E-state index contributed by atoms with van der Waals surface area (Å²) in [6.07, 6.45) is 0. The topological polar surface area (TPSA) is 31.6 Å². The Morgan fingerprint density at radius 1 is 0.406 bits per heavy atom. The molecule has 2 nitrogen and oxygen atoms in total. The fourth-order valence-electron chi connectivity index (χ4n) is 4.49. The molecule has 6 aromatic rings. The van der Waals surface area contributed by atoms with Gasteiger partial charge in [0.1, 0.15) is 0 Å². The van der Waals surface area contributed by atoms with Crippen molar-refractivity contribution in [1.29, 1.82) is 0 Å². The number of hydrogen-bond acceptors (Lipinski definition) is 0. The quantitative estimate of drug-likeness (QED) is 0.280. The number of aromatic nitrogens is 2. The normalized spacial score (nSPS) is 12.2. The molecule has 0 spiro atoms. The summed E-state index contributed by atoms with van der Waals surface area (Å²) in [5.41, 5.74) is 9.21. The summed E-state index contributed by atoms with van der Waals surface area (Å²) in [7, 11) is 0. The highest BCUT2D eigenvalue weighted by molar-refractivity contribution is 6.06. The lowest BCUT2D eigenvalue weighted by Crippen LogP contribution is -1.98. The highest BCUT2D eigenvalue weighted by Gasteiger charge is 2.19. The molecule has 2 heterocycles. The van der Waals surface area contributed by atoms with Gasteiger partial charge in [-0.15, -0.1) is 0 Å². The molecule has 0 bridgehead atoms. The molecular formula is C30H22N2. The molecule has 0 unspecified atom stereocenters. The van der Waals surface area contributed by atoms with Crippen LogP contribution < -0.4 is 0 Å². The van der Waals surface area contributed by atoms with Crippen LogP contribution in [0.25, 0.3) is 33.0 Å². The van der Waals surface area contributed by atoms with Crippen molar-refractivity contribution in [3.05, 3.63) is 144 Å². The summed E-state index contributed by atoms with van der Waals surface area (Å²) >= 11 is 0. The van der Waals surface area contributed by atoms with Gasteiger partial charge in [-0.1, -0.05) is 97.1 Å². The first kappa shape index (κ1) is 18.5. The Morgan fingerprint density at radius 2 is 0.781 bits per heavy atom. The minimum absolute atomic E-state index is 1.11. The standard InChI is InChI=1S/C30H22N2/c1-3-11-21(12-4-1)29(27-19-23-15-7-9-17-25(23)31-27)30(22-13-5-2-6-14-22)28-20-24-16-8-10-18-26(24)32-28/h1-20,31-32H. The highest BCUT2D eigenvalue weighted by Crippen LogP contribution is 2.38. The molecule has 4 aromatic carbocycles. The van der Waals surface area contributed by atoms with Gasteiger partial charge in [-0.25, -0.2) is 0 Å². The monoisotopic (exact) mass is 410 g/mol. The number of benzene rings is 4. The van der Waals surface area contributed by atoms with Crippen LogP contribution in [0.3, 0.4) is 0 Å². The van der Waals surface area contributed by atoms with Gasteiger partial charge in [-0.2, -0.15) is 0 Å². The number of hydrogen-bond donors (Lipinski definition) is 2. The third-order valence-electron chi connectivity index (χ3n) is 5.97. The molecule has 0 aliphatic rings. The fraction of sp³-hybridized carbons (Fsp3) is 0. The Morgan fingerprint density at radius 3 is 1.19 bits per heavy atom. The van der Waals surface area contributed by atoms with Crippen LogP contribution >= 0.6 is 0 Å². The van der Waals surface area contributed by atoms with Gasteiger partial charge >= 0.3 is 0 Å². The van der Waals surface area contributed by atoms with Gasteiger partial charge in [-0.3, -0.25) is 0 Å². The number of fused-ring (bicyclic) bond motifs is 2. The number of aromatic amines is 2. The Balaban J connectivity index is 1.73. The highest BCUT2D eigenvalue weighted by atomic mass is 14.7. The van der Waals surface area contributed by atoms with E-state index in [9.17, 15) is 0 Å². The van der Waals surface area contributed by atoms with Gasteiger partial charge in [0.25, 0.3) is 0 Å². The first-order valence-electron chi connectivity index (χ1n) is 10.9. The molecule has 32 heavy (non-hydrogen) atoms. The molecule has 0 saturated carbocycles. The molecule has 0 amide bonds. The number of para-hydroxylation sites is 2. The van der Waals surface area contributed by atoms with E-state index in [0.29, 0.717) is 0 Å². The second-order valence-corrected chi connectivity index (χ2v) is 8.02. The van der Waals surface area contributed by atoms with Crippen molar-refractivity contribution < 1.29 is 0 Å². The van der Waals surface area contributed by atoms with E-state index < -0.39 is 0 Å². The van der Waals surface area contributed by atoms with Crippen molar-refractivity contribution >= 4 is 33.0 Å². The lowest BCUT2D eigenvalue weighted by atomic mass is 9.90. The summed E-state index contributed by atoms with van der Waals surface area (Å²) in [4.78, 5) is 7.35. The van der Waals surface area contributed by atoms with Gasteiger partial charge in [0, 0.05) is 44.3 Å². The van der Waals surface area contributed by atoms with E-state index in [-0.39, 0.29) is 0 Å². The SMILES string of the molecule is c1ccc(C(=C(c2ccccc2)c2cc3ccccc3[nH]2)c2cc3ccccc3[nH]2)cc1. The van der Waals surface area contributed by atoms with Gasteiger partial charge in [0.2, 0.25) is 0 Å². The number of H-pyrrole nitrogens is 2. The van der Waals surface area contributed by atoms with Crippen LogP contribution in [0.1, 0.15) is 22.5 Å². The van der Waals surface area contributed by atoms with Crippen LogP contribution in [0, 0.1) is 0 Å². The molecule has 2 N–H and O–H groups in total. The molecule has 152 valence electrons. The predicted molar refractivity (Wildman–Crippen MR) is 134 cm³/mol. The Bertz CT molecular complexity index is 1360. The molecule has 6 rings (SSSR count). The number of rotatable bonds is 4. The molecule has 0 radical (unpaired) electrons. The fourth-order valence-corrected chi connectivity index (χ4v) is 4.49. The van der Waals surface area contributed by atoms with E-state index in [4.69, 9.17) is 0 Å². The van der Waals surface area contributed by atoms with Crippen molar-refractivity contribution in [2.75, 3.05) is 0 Å². The minimum Gasteiger partial charge on any atom is -0.354 e. The summed E-state index contributed by atoms with van der Waals surface area (Å²) in [5, 5.41) is 2.42. The molecular weight excluding hydrogens is 388 g/mol. The maximum atomic E-state index is 3.68. The lowest BCUT2D eigenvalue weighted by Gasteiger charge is -2.15. The van der Waals surface area contributed by atoms with Crippen LogP contribution in [0.15, 0.2) is 121 Å². The van der Waals surface area contributed by atoms with Gasteiger partial charge in [0.05, 0.1) is 0 Å². The molecule has 0 atom stereocenters. The number of nitrogens with one attached hydrogen (secondary N) is 2. The van der Waals surface area contributed by atoms with Crippen molar-refractivity contribution in [1.82, 2.24) is 9.97 Å². The second-order valence-electron chi connectivity index (χ2n) is 8.02. The Hall–Kier alpha value is -4.30. The second kappa shape index (κ2) is 7.75. The van der Waals surface area contributed by atoms with Gasteiger partial charge in [0.15, 0.2) is 0 Å². The molecule has 0 aliphatic carbocycles. The van der Waals surface area contributed by atoms with Crippen molar-refractivity contribution in [3.63, 3.8) is 0 Å². The molecule has 2 heteroatoms.